The van der Waals surface area contributed by atoms with Crippen molar-refractivity contribution in [2.24, 2.45) is 0 Å². The van der Waals surface area contributed by atoms with Gasteiger partial charge in [-0.3, -0.25) is 9.00 Å². The Labute approximate surface area is 282 Å². The summed E-state index contributed by atoms with van der Waals surface area (Å²) in [5.74, 6) is -1.84. The van der Waals surface area contributed by atoms with Crippen LogP contribution >= 0.6 is 0 Å². The van der Waals surface area contributed by atoms with Crippen molar-refractivity contribution in [3.05, 3.63) is 88.0 Å². The first-order valence-electron chi connectivity index (χ1n) is 15.6. The van der Waals surface area contributed by atoms with Crippen LogP contribution in [-0.4, -0.2) is 47.4 Å². The molecular formula is C35H39F2N2O7SSi-. The van der Waals surface area contributed by atoms with Crippen LogP contribution in [0.4, 0.5) is 8.78 Å². The number of fused-ring (bicyclic) bond motifs is 1. The van der Waals surface area contributed by atoms with Crippen molar-refractivity contribution in [1.29, 1.82) is 0 Å². The van der Waals surface area contributed by atoms with Crippen LogP contribution < -0.4 is 9.74 Å². The average Bonchev–Trinajstić information content (AvgIpc) is 3.80. The van der Waals surface area contributed by atoms with Crippen molar-refractivity contribution in [2.75, 3.05) is 14.2 Å². The standard InChI is InChI=1S/C35H40F2N2O7SSi/c1-35(2,3)48(6,7)46-30-17-28(37)23(14-27(30)34(41)44-5)19-39(47(42)43)18-22-15-29-26(16-25(22)20-8-9-20)31(33(40)38-4)32(45-29)21-10-12-24(36)13-11-21/h10-17,20H,8-9,18-19H2,1-7H3,(H,38,40)(H,42,43)/p-1. The number of carbonyl (C=O) groups excluding carboxylic acids is 2. The predicted molar refractivity (Wildman–Crippen MR) is 181 cm³/mol. The van der Waals surface area contributed by atoms with Crippen LogP contribution in [-0.2, 0) is 29.1 Å². The Morgan fingerprint density at radius 2 is 1.71 bits per heavy atom. The van der Waals surface area contributed by atoms with Gasteiger partial charge in [-0.1, -0.05) is 20.8 Å². The number of hydrogen-bond donors (Lipinski definition) is 1. The second-order valence-corrected chi connectivity index (χ2v) is 19.2. The molecule has 1 atom stereocenters. The van der Waals surface area contributed by atoms with Gasteiger partial charge in [0.1, 0.15) is 34.3 Å². The van der Waals surface area contributed by atoms with Crippen molar-refractivity contribution in [3.8, 4) is 17.1 Å². The van der Waals surface area contributed by atoms with Gasteiger partial charge < -0.3 is 23.4 Å². The number of rotatable bonds is 11. The fourth-order valence-electron chi connectivity index (χ4n) is 5.31. The maximum atomic E-state index is 15.7. The molecule has 1 aliphatic rings. The normalized spacial score (nSPS) is 14.3. The Morgan fingerprint density at radius 3 is 2.27 bits per heavy atom. The highest BCUT2D eigenvalue weighted by molar-refractivity contribution is 7.76. The summed E-state index contributed by atoms with van der Waals surface area (Å²) < 4.78 is 73.1. The molecular weight excluding hydrogens is 659 g/mol. The molecule has 48 heavy (non-hydrogen) atoms. The number of nitrogens with zero attached hydrogens (tertiary/aromatic N) is 1. The minimum Gasteiger partial charge on any atom is -0.760 e. The Balaban J connectivity index is 1.55. The van der Waals surface area contributed by atoms with E-state index >= 15 is 4.39 Å². The number of esters is 1. The van der Waals surface area contributed by atoms with E-state index in [0.717, 1.165) is 28.8 Å². The second kappa shape index (κ2) is 13.5. The predicted octanol–water partition coefficient (Wildman–Crippen LogP) is 7.58. The Kier molecular flexibility index (Phi) is 9.98. The molecule has 1 fully saturated rings. The SMILES string of the molecule is CNC(=O)c1c(-c2ccc(F)cc2)oc2cc(CN(Cc3cc(C(=O)OC)c(O[Si](C)(C)C(C)(C)C)cc3F)S(=O)[O-])c(C3CC3)cc12. The molecule has 0 bridgehead atoms. The largest absolute Gasteiger partial charge is 0.760 e. The maximum Gasteiger partial charge on any atom is 0.341 e. The number of methoxy groups -OCH3 is 1. The first-order valence-corrected chi connectivity index (χ1v) is 19.5. The third-order valence-electron chi connectivity index (χ3n) is 9.16. The summed E-state index contributed by atoms with van der Waals surface area (Å²) in [6, 6.07) is 11.5. The molecule has 9 nitrogen and oxygen atoms in total. The first-order chi connectivity index (χ1) is 22.5. The van der Waals surface area contributed by atoms with Gasteiger partial charge in [-0.15, -0.1) is 0 Å². The lowest BCUT2D eigenvalue weighted by Gasteiger charge is -2.37. The Morgan fingerprint density at radius 1 is 1.06 bits per heavy atom. The van der Waals surface area contributed by atoms with E-state index in [1.54, 1.807) is 6.07 Å². The van der Waals surface area contributed by atoms with Gasteiger partial charge in [-0.2, -0.15) is 0 Å². The number of furan rings is 1. The second-order valence-electron chi connectivity index (χ2n) is 13.5. The molecule has 3 aromatic carbocycles. The van der Waals surface area contributed by atoms with E-state index in [4.69, 9.17) is 13.6 Å². The van der Waals surface area contributed by atoms with Gasteiger partial charge in [-0.05, 0) is 90.5 Å². The van der Waals surface area contributed by atoms with Gasteiger partial charge in [0.05, 0.1) is 12.7 Å². The van der Waals surface area contributed by atoms with Gasteiger partial charge in [-0.25, -0.2) is 17.9 Å². The van der Waals surface area contributed by atoms with Gasteiger partial charge >= 0.3 is 5.97 Å². The van der Waals surface area contributed by atoms with Crippen molar-refractivity contribution in [3.63, 3.8) is 0 Å². The third kappa shape index (κ3) is 7.24. The quantitative estimate of drug-likeness (QED) is 0.0975. The molecule has 1 N–H and O–H groups in total. The smallest absolute Gasteiger partial charge is 0.341 e. The van der Waals surface area contributed by atoms with Crippen LogP contribution in [0.5, 0.6) is 5.75 Å². The number of carbonyl (C=O) groups is 2. The van der Waals surface area contributed by atoms with E-state index in [2.05, 4.69) is 5.32 Å². The molecule has 5 rings (SSSR count). The van der Waals surface area contributed by atoms with Crippen molar-refractivity contribution in [2.45, 2.75) is 70.8 Å². The molecule has 0 aliphatic heterocycles. The maximum absolute atomic E-state index is 15.7. The van der Waals surface area contributed by atoms with E-state index < -0.39 is 37.2 Å². The van der Waals surface area contributed by atoms with E-state index in [-0.39, 0.29) is 58.2 Å². The molecule has 1 aromatic heterocycles. The Bertz CT molecular complexity index is 1900. The molecule has 1 amide bonds. The summed E-state index contributed by atoms with van der Waals surface area (Å²) in [6.45, 7) is 9.48. The molecule has 256 valence electrons. The van der Waals surface area contributed by atoms with Gasteiger partial charge in [0.15, 0.2) is 0 Å². The summed E-state index contributed by atoms with van der Waals surface area (Å²) in [6.07, 6.45) is 1.76. The molecule has 1 heterocycles. The summed E-state index contributed by atoms with van der Waals surface area (Å²) in [4.78, 5) is 25.9. The van der Waals surface area contributed by atoms with E-state index in [9.17, 15) is 22.7 Å². The topological polar surface area (TPSA) is 121 Å². The monoisotopic (exact) mass is 697 g/mol. The molecule has 1 unspecified atom stereocenters. The number of nitrogens with one attached hydrogen (secondary N) is 1. The molecule has 0 spiro atoms. The van der Waals surface area contributed by atoms with Crippen LogP contribution in [0.1, 0.15) is 76.9 Å². The third-order valence-corrected chi connectivity index (χ3v) is 14.2. The number of hydrogen-bond acceptors (Lipinski definition) is 7. The van der Waals surface area contributed by atoms with Crippen molar-refractivity contribution >= 4 is 42.4 Å². The first kappa shape index (κ1) is 35.4. The molecule has 4 aromatic rings. The number of ether oxygens (including phenoxy) is 1. The zero-order valence-electron chi connectivity index (χ0n) is 28.0. The summed E-state index contributed by atoms with van der Waals surface area (Å²) in [5, 5.41) is 2.95. The number of halogens is 2. The van der Waals surface area contributed by atoms with Gasteiger partial charge in [0, 0.05) is 54.0 Å². The highest BCUT2D eigenvalue weighted by Gasteiger charge is 2.40. The minimum absolute atomic E-state index is 0.00100. The minimum atomic E-state index is -2.79. The fourth-order valence-corrected chi connectivity index (χ4v) is 6.83. The summed E-state index contributed by atoms with van der Waals surface area (Å²) >= 11 is -2.79. The Hall–Kier alpha value is -3.91. The van der Waals surface area contributed by atoms with Gasteiger partial charge in [0.2, 0.25) is 0 Å². The van der Waals surface area contributed by atoms with E-state index in [1.165, 1.54) is 44.5 Å². The lowest BCUT2D eigenvalue weighted by Crippen LogP contribution is -2.44. The average molecular weight is 698 g/mol. The lowest BCUT2D eigenvalue weighted by molar-refractivity contribution is 0.0598. The van der Waals surface area contributed by atoms with E-state index in [0.29, 0.717) is 22.1 Å². The van der Waals surface area contributed by atoms with Crippen LogP contribution in [0.15, 0.2) is 52.9 Å². The zero-order chi connectivity index (χ0) is 35.1. The summed E-state index contributed by atoms with van der Waals surface area (Å²) in [5.41, 5.74) is 2.58. The van der Waals surface area contributed by atoms with E-state index in [1.807, 2.05) is 39.9 Å². The highest BCUT2D eigenvalue weighted by atomic mass is 32.2. The van der Waals surface area contributed by atoms with Gasteiger partial charge in [0.25, 0.3) is 14.2 Å². The number of amides is 1. The fraction of sp³-hybridized carbons (Fsp3) is 0.371. The molecule has 1 aliphatic carbocycles. The molecule has 13 heteroatoms. The highest BCUT2D eigenvalue weighted by Crippen LogP contribution is 2.45. The van der Waals surface area contributed by atoms with Crippen LogP contribution in [0.25, 0.3) is 22.3 Å². The molecule has 0 radical (unpaired) electrons. The summed E-state index contributed by atoms with van der Waals surface area (Å²) in [7, 11) is 0.233. The van der Waals surface area contributed by atoms with Crippen molar-refractivity contribution in [1.82, 2.24) is 9.62 Å². The number of benzene rings is 3. The zero-order valence-corrected chi connectivity index (χ0v) is 29.8. The van der Waals surface area contributed by atoms with Crippen LogP contribution in [0, 0.1) is 11.6 Å². The van der Waals surface area contributed by atoms with Crippen molar-refractivity contribution < 1.29 is 40.7 Å². The van der Waals surface area contributed by atoms with Crippen LogP contribution in [0.2, 0.25) is 18.1 Å². The van der Waals surface area contributed by atoms with Crippen LogP contribution in [0.3, 0.4) is 0 Å². The lowest BCUT2D eigenvalue weighted by atomic mass is 9.97. The molecule has 0 saturated heterocycles. The molecule has 1 saturated carbocycles.